The standard InChI is InChI=1S/C16H23N3O5S2/c1-25-10-8-13(21)18(15(10)23)6-3-5-17-12(20)4-7-19-14(22)9-11(26-2)16(19)24/h10-11H,3-9H2,1-2H3,(H,17,20). The van der Waals surface area contributed by atoms with Crippen LogP contribution in [0.15, 0.2) is 0 Å². The molecule has 0 aromatic heterocycles. The first kappa shape index (κ1) is 20.8. The fourth-order valence-corrected chi connectivity index (χ4v) is 4.19. The molecule has 0 spiro atoms. The first-order chi connectivity index (χ1) is 12.4. The van der Waals surface area contributed by atoms with E-state index in [1.54, 1.807) is 12.5 Å². The third kappa shape index (κ3) is 4.79. The molecule has 144 valence electrons. The van der Waals surface area contributed by atoms with E-state index >= 15 is 0 Å². The molecular weight excluding hydrogens is 378 g/mol. The van der Waals surface area contributed by atoms with Crippen LogP contribution in [0.3, 0.4) is 0 Å². The third-order valence-corrected chi connectivity index (χ3v) is 6.29. The van der Waals surface area contributed by atoms with E-state index in [4.69, 9.17) is 0 Å². The van der Waals surface area contributed by atoms with Crippen molar-refractivity contribution < 1.29 is 24.0 Å². The Hall–Kier alpha value is -1.55. The number of amides is 5. The number of nitrogens with one attached hydrogen (secondary N) is 1. The van der Waals surface area contributed by atoms with Crippen molar-refractivity contribution in [1.82, 2.24) is 15.1 Å². The van der Waals surface area contributed by atoms with Gasteiger partial charge >= 0.3 is 0 Å². The molecule has 2 saturated heterocycles. The van der Waals surface area contributed by atoms with Gasteiger partial charge in [-0.25, -0.2) is 0 Å². The molecule has 0 bridgehead atoms. The Morgan fingerprint density at radius 1 is 0.962 bits per heavy atom. The molecule has 0 aliphatic carbocycles. The third-order valence-electron chi connectivity index (χ3n) is 4.42. The van der Waals surface area contributed by atoms with Crippen LogP contribution in [0.5, 0.6) is 0 Å². The van der Waals surface area contributed by atoms with E-state index in [-0.39, 0.29) is 72.4 Å². The maximum atomic E-state index is 12.0. The summed E-state index contributed by atoms with van der Waals surface area (Å²) in [5.41, 5.74) is 0. The topological polar surface area (TPSA) is 104 Å². The Bertz CT molecular complexity index is 613. The summed E-state index contributed by atoms with van der Waals surface area (Å²) in [5, 5.41) is 2.06. The van der Waals surface area contributed by atoms with Crippen molar-refractivity contribution in [1.29, 1.82) is 0 Å². The number of rotatable bonds is 9. The van der Waals surface area contributed by atoms with Gasteiger partial charge in [0.25, 0.3) is 0 Å². The van der Waals surface area contributed by atoms with Crippen LogP contribution in [0.4, 0.5) is 0 Å². The smallest absolute Gasteiger partial charge is 0.242 e. The SMILES string of the molecule is CSC1CC(=O)N(CCCNC(=O)CCN2C(=O)CC(SC)C2=O)C1=O. The van der Waals surface area contributed by atoms with Gasteiger partial charge in [0.2, 0.25) is 29.5 Å². The highest BCUT2D eigenvalue weighted by molar-refractivity contribution is 8.00. The Kier molecular flexibility index (Phi) is 7.51. The summed E-state index contributed by atoms with van der Waals surface area (Å²) >= 11 is 2.71. The molecule has 2 rings (SSSR count). The van der Waals surface area contributed by atoms with E-state index in [0.717, 1.165) is 4.90 Å². The Morgan fingerprint density at radius 2 is 1.46 bits per heavy atom. The summed E-state index contributed by atoms with van der Waals surface area (Å²) in [7, 11) is 0. The normalized spacial score (nSPS) is 23.3. The summed E-state index contributed by atoms with van der Waals surface area (Å²) in [5.74, 6) is -1.07. The molecule has 2 aliphatic heterocycles. The Morgan fingerprint density at radius 3 is 1.92 bits per heavy atom. The van der Waals surface area contributed by atoms with Gasteiger partial charge in [-0.1, -0.05) is 0 Å². The van der Waals surface area contributed by atoms with E-state index in [1.807, 2.05) is 0 Å². The molecule has 10 heteroatoms. The minimum Gasteiger partial charge on any atom is -0.356 e. The molecule has 26 heavy (non-hydrogen) atoms. The molecule has 5 amide bonds. The fourth-order valence-electron chi connectivity index (χ4n) is 2.91. The summed E-state index contributed by atoms with van der Waals surface area (Å²) in [6, 6.07) is 0. The number of carbonyl (C=O) groups excluding carboxylic acids is 5. The lowest BCUT2D eigenvalue weighted by Crippen LogP contribution is -2.37. The number of nitrogens with zero attached hydrogens (tertiary/aromatic N) is 2. The van der Waals surface area contributed by atoms with Crippen LogP contribution in [-0.4, -0.2) is 82.0 Å². The van der Waals surface area contributed by atoms with Crippen molar-refractivity contribution in [3.63, 3.8) is 0 Å². The Labute approximate surface area is 160 Å². The van der Waals surface area contributed by atoms with Gasteiger partial charge in [-0.05, 0) is 18.9 Å². The molecule has 2 aliphatic rings. The Balaban J connectivity index is 1.65. The van der Waals surface area contributed by atoms with Crippen molar-refractivity contribution in [2.45, 2.75) is 36.2 Å². The van der Waals surface area contributed by atoms with E-state index in [0.29, 0.717) is 13.0 Å². The quantitative estimate of drug-likeness (QED) is 0.424. The lowest BCUT2D eigenvalue weighted by atomic mass is 10.3. The molecule has 2 fully saturated rings. The van der Waals surface area contributed by atoms with Crippen molar-refractivity contribution in [3.8, 4) is 0 Å². The average Bonchev–Trinajstić information content (AvgIpc) is 3.05. The minimum atomic E-state index is -0.341. The van der Waals surface area contributed by atoms with Crippen LogP contribution in [-0.2, 0) is 24.0 Å². The molecule has 2 heterocycles. The molecule has 1 N–H and O–H groups in total. The maximum absolute atomic E-state index is 12.0. The number of thioether (sulfide) groups is 2. The van der Waals surface area contributed by atoms with Crippen molar-refractivity contribution in [3.05, 3.63) is 0 Å². The lowest BCUT2D eigenvalue weighted by molar-refractivity contribution is -0.140. The van der Waals surface area contributed by atoms with E-state index in [1.165, 1.54) is 28.4 Å². The van der Waals surface area contributed by atoms with Gasteiger partial charge in [0.15, 0.2) is 0 Å². The summed E-state index contributed by atoms with van der Waals surface area (Å²) in [4.78, 5) is 61.7. The summed E-state index contributed by atoms with van der Waals surface area (Å²) < 4.78 is 0. The van der Waals surface area contributed by atoms with E-state index < -0.39 is 0 Å². The van der Waals surface area contributed by atoms with Gasteiger partial charge in [-0.3, -0.25) is 33.8 Å². The van der Waals surface area contributed by atoms with Gasteiger partial charge in [0.05, 0.1) is 10.5 Å². The highest BCUT2D eigenvalue weighted by Crippen LogP contribution is 2.23. The number of carbonyl (C=O) groups is 5. The molecule has 2 atom stereocenters. The molecule has 8 nitrogen and oxygen atoms in total. The second kappa shape index (κ2) is 9.40. The summed E-state index contributed by atoms with van der Waals surface area (Å²) in [6.45, 7) is 0.696. The number of likely N-dealkylation sites (tertiary alicyclic amines) is 2. The monoisotopic (exact) mass is 401 g/mol. The molecule has 0 aromatic carbocycles. The number of imide groups is 2. The van der Waals surface area contributed by atoms with Crippen LogP contribution in [0, 0.1) is 0 Å². The highest BCUT2D eigenvalue weighted by atomic mass is 32.2. The number of hydrogen-bond acceptors (Lipinski definition) is 7. The molecule has 0 aromatic rings. The van der Waals surface area contributed by atoms with E-state index in [2.05, 4.69) is 5.32 Å². The van der Waals surface area contributed by atoms with Crippen LogP contribution in [0.2, 0.25) is 0 Å². The van der Waals surface area contributed by atoms with Crippen molar-refractivity contribution >= 4 is 53.1 Å². The average molecular weight is 402 g/mol. The fraction of sp³-hybridized carbons (Fsp3) is 0.688. The van der Waals surface area contributed by atoms with Gasteiger partial charge in [0, 0.05) is 38.9 Å². The zero-order valence-electron chi connectivity index (χ0n) is 14.9. The predicted molar refractivity (Wildman–Crippen MR) is 99.5 cm³/mol. The first-order valence-corrected chi connectivity index (χ1v) is 11.0. The summed E-state index contributed by atoms with van der Waals surface area (Å²) in [6.07, 6.45) is 4.53. The van der Waals surface area contributed by atoms with E-state index in [9.17, 15) is 24.0 Å². The molecular formula is C16H23N3O5S2. The zero-order valence-corrected chi connectivity index (χ0v) is 16.5. The van der Waals surface area contributed by atoms with Gasteiger partial charge in [0.1, 0.15) is 0 Å². The second-order valence-electron chi connectivity index (χ2n) is 6.08. The van der Waals surface area contributed by atoms with Gasteiger partial charge in [-0.2, -0.15) is 23.5 Å². The van der Waals surface area contributed by atoms with Crippen LogP contribution < -0.4 is 5.32 Å². The molecule has 2 unspecified atom stereocenters. The predicted octanol–water partition coefficient (Wildman–Crippen LogP) is -0.136. The van der Waals surface area contributed by atoms with Crippen molar-refractivity contribution in [2.75, 3.05) is 32.1 Å². The van der Waals surface area contributed by atoms with Gasteiger partial charge < -0.3 is 5.32 Å². The number of hydrogen-bond donors (Lipinski definition) is 1. The van der Waals surface area contributed by atoms with Crippen LogP contribution >= 0.6 is 23.5 Å². The largest absolute Gasteiger partial charge is 0.356 e. The lowest BCUT2D eigenvalue weighted by Gasteiger charge is -2.16. The highest BCUT2D eigenvalue weighted by Gasteiger charge is 2.38. The zero-order chi connectivity index (χ0) is 19.3. The van der Waals surface area contributed by atoms with Crippen LogP contribution in [0.1, 0.15) is 25.7 Å². The van der Waals surface area contributed by atoms with Gasteiger partial charge in [-0.15, -0.1) is 0 Å². The molecule has 0 radical (unpaired) electrons. The molecule has 0 saturated carbocycles. The second-order valence-corrected chi connectivity index (χ2v) is 8.16. The van der Waals surface area contributed by atoms with Crippen molar-refractivity contribution in [2.24, 2.45) is 0 Å². The minimum absolute atomic E-state index is 0.0503. The van der Waals surface area contributed by atoms with Crippen LogP contribution in [0.25, 0.3) is 0 Å². The maximum Gasteiger partial charge on any atom is 0.242 e. The first-order valence-electron chi connectivity index (χ1n) is 8.39.